The van der Waals surface area contributed by atoms with Crippen molar-refractivity contribution < 1.29 is 5.11 Å². The van der Waals surface area contributed by atoms with Gasteiger partial charge in [0, 0.05) is 23.5 Å². The number of imidazole rings is 1. The fraction of sp³-hybridized carbons (Fsp3) is 0.125. The van der Waals surface area contributed by atoms with Crippen LogP contribution in [0.2, 0.25) is 0 Å². The zero-order valence-corrected chi connectivity index (χ0v) is 12.4. The summed E-state index contributed by atoms with van der Waals surface area (Å²) in [6.07, 6.45) is 7.96. The van der Waals surface area contributed by atoms with Gasteiger partial charge in [-0.05, 0) is 6.08 Å². The summed E-state index contributed by atoms with van der Waals surface area (Å²) in [5.74, 6) is 0.807. The van der Waals surface area contributed by atoms with Crippen molar-refractivity contribution in [3.05, 3.63) is 61.3 Å². The van der Waals surface area contributed by atoms with Crippen LogP contribution in [-0.4, -0.2) is 19.5 Å². The van der Waals surface area contributed by atoms with Crippen LogP contribution < -0.4 is 5.73 Å². The Morgan fingerprint density at radius 3 is 2.38 bits per heavy atom. The number of aromatic nitrogens is 3. The van der Waals surface area contributed by atoms with E-state index in [2.05, 4.69) is 29.7 Å². The van der Waals surface area contributed by atoms with E-state index in [4.69, 9.17) is 5.73 Å². The number of aliphatic hydroxyl groups excluding tert-OH is 1. The summed E-state index contributed by atoms with van der Waals surface area (Å²) in [4.78, 5) is 8.45. The van der Waals surface area contributed by atoms with Crippen LogP contribution in [0.25, 0.3) is 17.4 Å². The lowest BCUT2D eigenvalue weighted by Crippen LogP contribution is -1.98. The van der Waals surface area contributed by atoms with E-state index in [-0.39, 0.29) is 5.76 Å². The monoisotopic (exact) mass is 284 g/mol. The molecule has 21 heavy (non-hydrogen) atoms. The number of hydrogen-bond donors (Lipinski definition) is 2. The highest BCUT2D eigenvalue weighted by Crippen LogP contribution is 2.20. The molecule has 0 radical (unpaired) electrons. The number of fused-ring (bicyclic) bond motifs is 1. The van der Waals surface area contributed by atoms with Crippen LogP contribution >= 0.6 is 0 Å². The molecule has 0 aliphatic heterocycles. The summed E-state index contributed by atoms with van der Waals surface area (Å²) in [5, 5.41) is 9.73. The quantitative estimate of drug-likeness (QED) is 0.664. The van der Waals surface area contributed by atoms with Crippen molar-refractivity contribution in [2.75, 3.05) is 5.73 Å². The molecule has 0 atom stereocenters. The highest BCUT2D eigenvalue weighted by atomic mass is 16.3. The molecule has 0 bridgehead atoms. The van der Waals surface area contributed by atoms with Gasteiger partial charge in [0.2, 0.25) is 5.78 Å². The minimum atomic E-state index is 0.00956. The van der Waals surface area contributed by atoms with Crippen molar-refractivity contribution >= 4 is 23.2 Å². The van der Waals surface area contributed by atoms with Gasteiger partial charge in [0.15, 0.2) is 0 Å². The third-order valence-corrected chi connectivity index (χ3v) is 2.68. The van der Waals surface area contributed by atoms with E-state index in [0.717, 1.165) is 0 Å². The molecule has 2 heterocycles. The topological polar surface area (TPSA) is 76.4 Å². The molecule has 2 aromatic rings. The molecule has 0 aliphatic rings. The number of nitrogen functional groups attached to an aromatic ring is 1. The molecule has 2 rings (SSSR count). The fourth-order valence-corrected chi connectivity index (χ4v) is 1.69. The van der Waals surface area contributed by atoms with Crippen molar-refractivity contribution in [1.29, 1.82) is 0 Å². The predicted octanol–water partition coefficient (Wildman–Crippen LogP) is 3.62. The second kappa shape index (κ2) is 7.09. The first-order valence-corrected chi connectivity index (χ1v) is 6.56. The Bertz CT molecular complexity index is 710. The summed E-state index contributed by atoms with van der Waals surface area (Å²) < 4.78 is 1.71. The molecule has 0 aromatic carbocycles. The lowest BCUT2D eigenvalue weighted by atomic mass is 10.1. The molecule has 0 spiro atoms. The molecule has 2 aromatic heterocycles. The van der Waals surface area contributed by atoms with E-state index in [0.29, 0.717) is 28.4 Å². The van der Waals surface area contributed by atoms with Gasteiger partial charge in [-0.25, -0.2) is 4.98 Å². The molecule has 0 aliphatic carbocycles. The Morgan fingerprint density at radius 2 is 1.86 bits per heavy atom. The van der Waals surface area contributed by atoms with Crippen LogP contribution in [-0.2, 0) is 0 Å². The maximum Gasteiger partial charge on any atom is 0.236 e. The zero-order valence-electron chi connectivity index (χ0n) is 12.4. The van der Waals surface area contributed by atoms with E-state index >= 15 is 0 Å². The molecule has 5 nitrogen and oxygen atoms in total. The zero-order chi connectivity index (χ0) is 16.0. The first-order chi connectivity index (χ1) is 10.1. The molecule has 0 unspecified atom stereocenters. The standard InChI is InChI=1S/C14H14N4O.C2H6/c1-4-9-7-18-8-11(10(5-2)12(19)6-3)16-14(18)17-13(9)15;1-2/h4-8,19H,1-3H2,(H2,15,16,17);1-2H3/b12-10-;. The number of nitrogens with two attached hydrogens (primary N) is 1. The van der Waals surface area contributed by atoms with Crippen LogP contribution in [0.1, 0.15) is 25.1 Å². The van der Waals surface area contributed by atoms with Crippen molar-refractivity contribution in [2.45, 2.75) is 13.8 Å². The van der Waals surface area contributed by atoms with Crippen molar-refractivity contribution in [1.82, 2.24) is 14.4 Å². The summed E-state index contributed by atoms with van der Waals surface area (Å²) in [5.41, 5.74) is 7.51. The molecule has 0 saturated heterocycles. The average molecular weight is 284 g/mol. The Kier molecular flexibility index (Phi) is 5.48. The Labute approximate surface area is 124 Å². The Balaban J connectivity index is 0.00000106. The van der Waals surface area contributed by atoms with Gasteiger partial charge >= 0.3 is 0 Å². The molecule has 5 heteroatoms. The largest absolute Gasteiger partial charge is 0.507 e. The maximum absolute atomic E-state index is 9.73. The van der Waals surface area contributed by atoms with Crippen LogP contribution in [0, 0.1) is 0 Å². The highest BCUT2D eigenvalue weighted by molar-refractivity contribution is 5.75. The number of hydrogen-bond acceptors (Lipinski definition) is 4. The average Bonchev–Trinajstić information content (AvgIpc) is 2.91. The lowest BCUT2D eigenvalue weighted by Gasteiger charge is -1.99. The third-order valence-electron chi connectivity index (χ3n) is 2.68. The second-order valence-electron chi connectivity index (χ2n) is 3.83. The van der Waals surface area contributed by atoms with E-state index in [1.807, 2.05) is 13.8 Å². The summed E-state index contributed by atoms with van der Waals surface area (Å²) in [7, 11) is 0. The van der Waals surface area contributed by atoms with Crippen molar-refractivity contribution in [2.24, 2.45) is 0 Å². The molecular weight excluding hydrogens is 264 g/mol. The summed E-state index contributed by atoms with van der Waals surface area (Å²) in [6, 6.07) is 0. The van der Waals surface area contributed by atoms with Crippen LogP contribution in [0.5, 0.6) is 0 Å². The van der Waals surface area contributed by atoms with Gasteiger partial charge < -0.3 is 10.8 Å². The molecule has 110 valence electrons. The van der Waals surface area contributed by atoms with Gasteiger partial charge in [0.05, 0.1) is 5.69 Å². The molecule has 0 amide bonds. The van der Waals surface area contributed by atoms with E-state index in [1.54, 1.807) is 22.9 Å². The minimum absolute atomic E-state index is 0.00956. The first-order valence-electron chi connectivity index (χ1n) is 6.56. The van der Waals surface area contributed by atoms with E-state index in [9.17, 15) is 5.11 Å². The highest BCUT2D eigenvalue weighted by Gasteiger charge is 2.10. The Hall–Kier alpha value is -2.82. The number of anilines is 1. The first kappa shape index (κ1) is 16.2. The number of allylic oxidation sites excluding steroid dienone is 3. The second-order valence-corrected chi connectivity index (χ2v) is 3.83. The van der Waals surface area contributed by atoms with Gasteiger partial charge in [0.1, 0.15) is 11.6 Å². The molecular formula is C16H20N4O. The van der Waals surface area contributed by atoms with Gasteiger partial charge in [-0.2, -0.15) is 4.98 Å². The number of nitrogens with zero attached hydrogens (tertiary/aromatic N) is 3. The third kappa shape index (κ3) is 3.20. The van der Waals surface area contributed by atoms with Gasteiger partial charge in [-0.15, -0.1) is 0 Å². The van der Waals surface area contributed by atoms with E-state index < -0.39 is 0 Å². The fourth-order valence-electron chi connectivity index (χ4n) is 1.69. The summed E-state index contributed by atoms with van der Waals surface area (Å²) in [6.45, 7) is 14.8. The number of aliphatic hydroxyl groups is 1. The summed E-state index contributed by atoms with van der Waals surface area (Å²) >= 11 is 0. The van der Waals surface area contributed by atoms with Gasteiger partial charge in [0.25, 0.3) is 0 Å². The number of rotatable bonds is 4. The van der Waals surface area contributed by atoms with E-state index in [1.165, 1.54) is 12.2 Å². The van der Waals surface area contributed by atoms with Crippen molar-refractivity contribution in [3.8, 4) is 0 Å². The predicted molar refractivity (Wildman–Crippen MR) is 88.8 cm³/mol. The maximum atomic E-state index is 9.73. The molecule has 0 saturated carbocycles. The minimum Gasteiger partial charge on any atom is -0.507 e. The van der Waals surface area contributed by atoms with Gasteiger partial charge in [-0.3, -0.25) is 4.40 Å². The lowest BCUT2D eigenvalue weighted by molar-refractivity contribution is 0.436. The smallest absolute Gasteiger partial charge is 0.236 e. The van der Waals surface area contributed by atoms with Crippen LogP contribution in [0.4, 0.5) is 5.82 Å². The van der Waals surface area contributed by atoms with Crippen LogP contribution in [0.15, 0.2) is 50.0 Å². The van der Waals surface area contributed by atoms with Gasteiger partial charge in [-0.1, -0.05) is 45.7 Å². The van der Waals surface area contributed by atoms with Crippen molar-refractivity contribution in [3.63, 3.8) is 0 Å². The Morgan fingerprint density at radius 1 is 1.19 bits per heavy atom. The molecule has 0 fully saturated rings. The molecule has 3 N–H and O–H groups in total. The SMILES string of the molecule is C=C/C(O)=C(\C=C)c1cn2cc(C=C)c(N)nc2n1.CC. The van der Waals surface area contributed by atoms with Crippen LogP contribution in [0.3, 0.4) is 0 Å². The normalized spacial score (nSPS) is 11.1.